The standard InChI is InChI=1S/C81H154O17P2/c1-5-9-13-17-21-25-29-33-36-37-38-40-44-48-52-56-60-64-68-81(86)98-77(72-92-79(84)66-62-58-54-50-46-43-39-34-30-26-22-18-14-10-6-2)74-96-100(89,90)94-70-75(82)69-93-99(87,88)95-73-76(71-91-78(83)65-61-57-53-49-45-41-32-28-24-20-16-12-8-4)97-80(85)67-63-59-55-51-47-42-35-31-27-23-19-15-11-7-3/h26,30,34,39,75-77,82H,5-25,27-29,31-33,35-38,40-74H2,1-4H3,(H,87,88)(H,89,90)/b30-26-,39-34-/t75-,76+,77+/m0/s1. The van der Waals surface area contributed by atoms with Crippen LogP contribution in [0.5, 0.6) is 0 Å². The van der Waals surface area contributed by atoms with E-state index in [1.54, 1.807) is 0 Å². The minimum Gasteiger partial charge on any atom is -0.462 e. The molecule has 0 heterocycles. The molecule has 2 unspecified atom stereocenters. The van der Waals surface area contributed by atoms with Crippen molar-refractivity contribution < 1.29 is 80.2 Å². The normalized spacial score (nSPS) is 13.9. The highest BCUT2D eigenvalue weighted by atomic mass is 31.2. The predicted molar refractivity (Wildman–Crippen MR) is 409 cm³/mol. The summed E-state index contributed by atoms with van der Waals surface area (Å²) in [5.74, 6) is -2.13. The molecule has 3 N–H and O–H groups in total. The van der Waals surface area contributed by atoms with Crippen LogP contribution in [0.3, 0.4) is 0 Å². The first-order valence-electron chi connectivity index (χ1n) is 41.6. The van der Waals surface area contributed by atoms with Crippen molar-refractivity contribution in [2.75, 3.05) is 39.6 Å². The molecular formula is C81H154O17P2. The fraction of sp³-hybridized carbons (Fsp3) is 0.901. The lowest BCUT2D eigenvalue weighted by molar-refractivity contribution is -0.161. The lowest BCUT2D eigenvalue weighted by Crippen LogP contribution is -2.30. The van der Waals surface area contributed by atoms with Crippen molar-refractivity contribution in [1.82, 2.24) is 0 Å². The molecule has 19 heteroatoms. The SMILES string of the molecule is CCCCCC/C=C\C=C/CCCCCCCC(=O)OC[C@H](COP(=O)(O)OC[C@@H](O)COP(=O)(O)OC[C@@H](COC(=O)CCCCCCCCCCCCCCC)OC(=O)CCCCCCCCCCCCCCCC)OC(=O)CCCCCCCCCCCCCCCCCCCC. The Morgan fingerprint density at radius 1 is 0.280 bits per heavy atom. The van der Waals surface area contributed by atoms with Gasteiger partial charge in [0.1, 0.15) is 19.3 Å². The molecule has 0 radical (unpaired) electrons. The number of carbonyl (C=O) groups excluding carboxylic acids is 4. The molecule has 0 aliphatic rings. The first-order chi connectivity index (χ1) is 48.7. The van der Waals surface area contributed by atoms with Gasteiger partial charge in [0.25, 0.3) is 0 Å². The maximum atomic E-state index is 13.1. The summed E-state index contributed by atoms with van der Waals surface area (Å²) in [5, 5.41) is 10.6. The Morgan fingerprint density at radius 2 is 0.480 bits per heavy atom. The van der Waals surface area contributed by atoms with Crippen molar-refractivity contribution in [3.63, 3.8) is 0 Å². The number of allylic oxidation sites excluding steroid dienone is 4. The number of hydrogen-bond acceptors (Lipinski definition) is 15. The molecule has 0 spiro atoms. The van der Waals surface area contributed by atoms with Crippen LogP contribution in [-0.2, 0) is 65.4 Å². The van der Waals surface area contributed by atoms with E-state index in [4.69, 9.17) is 37.0 Å². The molecule has 100 heavy (non-hydrogen) atoms. The van der Waals surface area contributed by atoms with Crippen molar-refractivity contribution in [2.24, 2.45) is 0 Å². The number of hydrogen-bond donors (Lipinski definition) is 3. The van der Waals surface area contributed by atoms with Crippen molar-refractivity contribution >= 4 is 39.5 Å². The van der Waals surface area contributed by atoms with Gasteiger partial charge >= 0.3 is 39.5 Å². The molecule has 0 aromatic heterocycles. The third kappa shape index (κ3) is 73.8. The predicted octanol–water partition coefficient (Wildman–Crippen LogP) is 24.1. The number of aliphatic hydroxyl groups excluding tert-OH is 1. The van der Waals surface area contributed by atoms with Crippen LogP contribution in [0.1, 0.15) is 413 Å². The van der Waals surface area contributed by atoms with Crippen LogP contribution < -0.4 is 0 Å². The topological polar surface area (TPSA) is 237 Å². The Kier molecular flexibility index (Phi) is 73.0. The summed E-state index contributed by atoms with van der Waals surface area (Å²) >= 11 is 0. The van der Waals surface area contributed by atoms with Crippen LogP contribution >= 0.6 is 15.6 Å². The average Bonchev–Trinajstić information content (AvgIpc) is 0.950. The summed E-state index contributed by atoms with van der Waals surface area (Å²) < 4.78 is 68.7. The highest BCUT2D eigenvalue weighted by Gasteiger charge is 2.30. The van der Waals surface area contributed by atoms with Crippen LogP contribution in [0.15, 0.2) is 24.3 Å². The quantitative estimate of drug-likeness (QED) is 0.0169. The van der Waals surface area contributed by atoms with Gasteiger partial charge in [-0.1, -0.05) is 360 Å². The number of carbonyl (C=O) groups is 4. The summed E-state index contributed by atoms with van der Waals surface area (Å²) in [7, 11) is -9.93. The van der Waals surface area contributed by atoms with Crippen LogP contribution in [0, 0.1) is 0 Å². The zero-order chi connectivity index (χ0) is 73.2. The van der Waals surface area contributed by atoms with Crippen LogP contribution in [0.2, 0.25) is 0 Å². The van der Waals surface area contributed by atoms with E-state index in [1.807, 2.05) is 0 Å². The lowest BCUT2D eigenvalue weighted by atomic mass is 10.0. The second kappa shape index (κ2) is 74.8. The van der Waals surface area contributed by atoms with Crippen LogP contribution in [0.4, 0.5) is 0 Å². The highest BCUT2D eigenvalue weighted by molar-refractivity contribution is 7.47. The minimum atomic E-state index is -4.97. The van der Waals surface area contributed by atoms with E-state index in [9.17, 15) is 43.2 Å². The summed E-state index contributed by atoms with van der Waals surface area (Å²) in [4.78, 5) is 73.0. The first kappa shape index (κ1) is 97.5. The summed E-state index contributed by atoms with van der Waals surface area (Å²) in [6, 6.07) is 0. The number of rotatable bonds is 80. The Bertz CT molecular complexity index is 1990. The van der Waals surface area contributed by atoms with Gasteiger partial charge in [0.2, 0.25) is 0 Å². The number of aliphatic hydroxyl groups is 1. The molecule has 0 saturated heterocycles. The van der Waals surface area contributed by atoms with Crippen molar-refractivity contribution in [2.45, 2.75) is 431 Å². The third-order valence-electron chi connectivity index (χ3n) is 18.5. The van der Waals surface area contributed by atoms with Gasteiger partial charge in [0.15, 0.2) is 12.2 Å². The van der Waals surface area contributed by atoms with Gasteiger partial charge in [-0.25, -0.2) is 9.13 Å². The fourth-order valence-corrected chi connectivity index (χ4v) is 13.7. The molecule has 0 fully saturated rings. The molecule has 0 aliphatic heterocycles. The summed E-state index contributed by atoms with van der Waals surface area (Å²) in [5.41, 5.74) is 0. The molecule has 590 valence electrons. The zero-order valence-corrected chi connectivity index (χ0v) is 66.5. The van der Waals surface area contributed by atoms with E-state index in [2.05, 4.69) is 52.0 Å². The largest absolute Gasteiger partial charge is 0.472 e. The maximum Gasteiger partial charge on any atom is 0.472 e. The molecular weight excluding hydrogens is 1310 g/mol. The molecule has 0 aromatic rings. The number of unbranched alkanes of at least 4 members (excludes halogenated alkanes) is 51. The van der Waals surface area contributed by atoms with Crippen molar-refractivity contribution in [1.29, 1.82) is 0 Å². The van der Waals surface area contributed by atoms with Crippen LogP contribution in [-0.4, -0.2) is 96.7 Å². The van der Waals surface area contributed by atoms with E-state index in [0.717, 1.165) is 109 Å². The van der Waals surface area contributed by atoms with Gasteiger partial charge in [0, 0.05) is 25.7 Å². The Balaban J connectivity index is 5.29. The number of ether oxygens (including phenoxy) is 4. The molecule has 0 bridgehead atoms. The van der Waals surface area contributed by atoms with E-state index in [0.29, 0.717) is 25.7 Å². The van der Waals surface area contributed by atoms with Crippen molar-refractivity contribution in [3.8, 4) is 0 Å². The second-order valence-electron chi connectivity index (χ2n) is 28.5. The van der Waals surface area contributed by atoms with Gasteiger partial charge in [-0.05, 0) is 51.4 Å². The molecule has 0 amide bonds. The maximum absolute atomic E-state index is 13.1. The smallest absolute Gasteiger partial charge is 0.462 e. The van der Waals surface area contributed by atoms with Crippen molar-refractivity contribution in [3.05, 3.63) is 24.3 Å². The lowest BCUT2D eigenvalue weighted by Gasteiger charge is -2.21. The number of phosphoric acid groups is 2. The van der Waals surface area contributed by atoms with E-state index in [1.165, 1.54) is 225 Å². The fourth-order valence-electron chi connectivity index (χ4n) is 12.1. The monoisotopic (exact) mass is 1460 g/mol. The van der Waals surface area contributed by atoms with Crippen LogP contribution in [0.25, 0.3) is 0 Å². The minimum absolute atomic E-state index is 0.102. The van der Waals surface area contributed by atoms with E-state index in [-0.39, 0.29) is 25.7 Å². The molecule has 0 saturated carbocycles. The van der Waals surface area contributed by atoms with Gasteiger partial charge in [-0.15, -0.1) is 0 Å². The molecule has 17 nitrogen and oxygen atoms in total. The Morgan fingerprint density at radius 3 is 0.730 bits per heavy atom. The zero-order valence-electron chi connectivity index (χ0n) is 64.7. The number of phosphoric ester groups is 2. The Labute approximate surface area is 612 Å². The molecule has 0 rings (SSSR count). The molecule has 5 atom stereocenters. The summed E-state index contributed by atoms with van der Waals surface area (Å²) in [6.45, 7) is 4.97. The third-order valence-corrected chi connectivity index (χ3v) is 20.4. The molecule has 0 aliphatic carbocycles. The summed E-state index contributed by atoms with van der Waals surface area (Å²) in [6.07, 6.45) is 70.0. The highest BCUT2D eigenvalue weighted by Crippen LogP contribution is 2.45. The van der Waals surface area contributed by atoms with Gasteiger partial charge in [-0.2, -0.15) is 0 Å². The Hall–Kier alpha value is -2.46. The van der Waals surface area contributed by atoms with E-state index < -0.39 is 97.5 Å². The second-order valence-corrected chi connectivity index (χ2v) is 31.4. The van der Waals surface area contributed by atoms with Gasteiger partial charge < -0.3 is 33.8 Å². The van der Waals surface area contributed by atoms with Gasteiger partial charge in [0.05, 0.1) is 26.4 Å². The van der Waals surface area contributed by atoms with E-state index >= 15 is 0 Å². The first-order valence-corrected chi connectivity index (χ1v) is 44.6. The number of esters is 4. The average molecular weight is 1460 g/mol. The molecule has 0 aromatic carbocycles. The van der Waals surface area contributed by atoms with Gasteiger partial charge in [-0.3, -0.25) is 37.3 Å².